The van der Waals surface area contributed by atoms with E-state index in [-0.39, 0.29) is 11.9 Å². The van der Waals surface area contributed by atoms with Crippen molar-refractivity contribution in [2.75, 3.05) is 32.7 Å². The Morgan fingerprint density at radius 2 is 1.60 bits per heavy atom. The molecule has 5 nitrogen and oxygen atoms in total. The Labute approximate surface area is 150 Å². The third-order valence-corrected chi connectivity index (χ3v) is 5.33. The number of rotatable bonds is 4. The number of carbonyl (C=O) groups excluding carboxylic acids is 2. The van der Waals surface area contributed by atoms with Crippen LogP contribution in [0.25, 0.3) is 0 Å². The highest BCUT2D eigenvalue weighted by Crippen LogP contribution is 2.26. The van der Waals surface area contributed by atoms with Gasteiger partial charge in [0, 0.05) is 38.6 Å². The lowest BCUT2D eigenvalue weighted by atomic mass is 10.1. The molecule has 5 heteroatoms. The number of hydrogen-bond acceptors (Lipinski definition) is 2. The third-order valence-electron chi connectivity index (χ3n) is 5.33. The van der Waals surface area contributed by atoms with E-state index < -0.39 is 0 Å². The summed E-state index contributed by atoms with van der Waals surface area (Å²) in [5.41, 5.74) is 1.23. The Balaban J connectivity index is 1.42. The molecule has 1 N–H and O–H groups in total. The molecule has 3 amide bonds. The molecule has 136 valence electrons. The van der Waals surface area contributed by atoms with E-state index in [9.17, 15) is 9.59 Å². The molecule has 0 bridgehead atoms. The van der Waals surface area contributed by atoms with Crippen molar-refractivity contribution in [3.63, 3.8) is 0 Å². The molecule has 2 aliphatic rings. The quantitative estimate of drug-likeness (QED) is 0.914. The van der Waals surface area contributed by atoms with Crippen molar-refractivity contribution in [1.82, 2.24) is 15.1 Å². The van der Waals surface area contributed by atoms with Crippen LogP contribution >= 0.6 is 0 Å². The molecular formula is C20H29N3O2. The van der Waals surface area contributed by atoms with Gasteiger partial charge in [-0.25, -0.2) is 4.79 Å². The smallest absolute Gasteiger partial charge is 0.317 e. The summed E-state index contributed by atoms with van der Waals surface area (Å²) in [7, 11) is 0. The molecule has 2 fully saturated rings. The molecule has 1 aromatic rings. The molecular weight excluding hydrogens is 314 g/mol. The molecule has 25 heavy (non-hydrogen) atoms. The van der Waals surface area contributed by atoms with Gasteiger partial charge < -0.3 is 15.1 Å². The summed E-state index contributed by atoms with van der Waals surface area (Å²) in [4.78, 5) is 28.8. The van der Waals surface area contributed by atoms with E-state index in [0.29, 0.717) is 25.5 Å². The summed E-state index contributed by atoms with van der Waals surface area (Å²) in [6.45, 7) is 3.45. The minimum Gasteiger partial charge on any atom is -0.341 e. The van der Waals surface area contributed by atoms with Gasteiger partial charge in [0.05, 0.1) is 0 Å². The lowest BCUT2D eigenvalue weighted by Gasteiger charge is -2.24. The average Bonchev–Trinajstić information content (AvgIpc) is 3.06. The summed E-state index contributed by atoms with van der Waals surface area (Å²) in [5.74, 6) is 0.537. The summed E-state index contributed by atoms with van der Waals surface area (Å²) < 4.78 is 0. The Morgan fingerprint density at radius 3 is 2.36 bits per heavy atom. The van der Waals surface area contributed by atoms with Crippen LogP contribution in [0.2, 0.25) is 0 Å². The molecule has 1 heterocycles. The van der Waals surface area contributed by atoms with Gasteiger partial charge in [-0.1, -0.05) is 43.2 Å². The third kappa shape index (κ3) is 4.97. The van der Waals surface area contributed by atoms with Gasteiger partial charge in [0.25, 0.3) is 0 Å². The first kappa shape index (κ1) is 17.8. The molecule has 1 aliphatic carbocycles. The van der Waals surface area contributed by atoms with Crippen molar-refractivity contribution in [2.24, 2.45) is 5.92 Å². The molecule has 0 atom stereocenters. The molecule has 1 aromatic carbocycles. The van der Waals surface area contributed by atoms with Crippen molar-refractivity contribution >= 4 is 11.9 Å². The van der Waals surface area contributed by atoms with E-state index in [0.717, 1.165) is 38.8 Å². The van der Waals surface area contributed by atoms with Crippen LogP contribution < -0.4 is 5.32 Å². The van der Waals surface area contributed by atoms with Gasteiger partial charge in [-0.3, -0.25) is 4.79 Å². The first-order valence-corrected chi connectivity index (χ1v) is 9.59. The van der Waals surface area contributed by atoms with E-state index in [1.165, 1.54) is 18.4 Å². The molecule has 1 aliphatic heterocycles. The van der Waals surface area contributed by atoms with Crippen LogP contribution in [-0.2, 0) is 11.2 Å². The van der Waals surface area contributed by atoms with Crippen LogP contribution in [-0.4, -0.2) is 54.5 Å². The molecule has 0 spiro atoms. The van der Waals surface area contributed by atoms with Crippen molar-refractivity contribution in [1.29, 1.82) is 0 Å². The first-order chi connectivity index (χ1) is 12.2. The fourth-order valence-corrected chi connectivity index (χ4v) is 3.84. The lowest BCUT2D eigenvalue weighted by molar-refractivity contribution is -0.135. The number of nitrogens with one attached hydrogen (secondary N) is 1. The van der Waals surface area contributed by atoms with Crippen LogP contribution in [0.1, 0.15) is 37.7 Å². The topological polar surface area (TPSA) is 52.7 Å². The second-order valence-corrected chi connectivity index (χ2v) is 7.11. The van der Waals surface area contributed by atoms with Crippen LogP contribution in [0.15, 0.2) is 30.3 Å². The maximum absolute atomic E-state index is 12.6. The number of carbonyl (C=O) groups is 2. The second kappa shape index (κ2) is 8.88. The molecule has 0 unspecified atom stereocenters. The maximum Gasteiger partial charge on any atom is 0.317 e. The maximum atomic E-state index is 12.6. The Hall–Kier alpha value is -2.04. The molecule has 1 saturated carbocycles. The van der Waals surface area contributed by atoms with Gasteiger partial charge in [0.15, 0.2) is 0 Å². The highest BCUT2D eigenvalue weighted by Gasteiger charge is 2.29. The summed E-state index contributed by atoms with van der Waals surface area (Å²) >= 11 is 0. The van der Waals surface area contributed by atoms with Crippen molar-refractivity contribution in [2.45, 2.75) is 38.5 Å². The Kier molecular flexibility index (Phi) is 6.31. The van der Waals surface area contributed by atoms with E-state index in [1.807, 2.05) is 28.0 Å². The SMILES string of the molecule is O=C(NCCc1ccccc1)N1CCCN(C(=O)C2CCCC2)CC1. The zero-order valence-corrected chi connectivity index (χ0v) is 15.0. The second-order valence-electron chi connectivity index (χ2n) is 7.11. The highest BCUT2D eigenvalue weighted by molar-refractivity contribution is 5.79. The summed E-state index contributed by atoms with van der Waals surface area (Å²) in [6.07, 6.45) is 6.15. The number of amides is 3. The van der Waals surface area contributed by atoms with Crippen LogP contribution in [0.5, 0.6) is 0 Å². The lowest BCUT2D eigenvalue weighted by Crippen LogP contribution is -2.43. The minimum absolute atomic E-state index is 0.00824. The number of hydrogen-bond donors (Lipinski definition) is 1. The van der Waals surface area contributed by atoms with E-state index in [4.69, 9.17) is 0 Å². The number of urea groups is 1. The van der Waals surface area contributed by atoms with E-state index in [1.54, 1.807) is 0 Å². The number of nitrogens with zero attached hydrogens (tertiary/aromatic N) is 2. The zero-order chi connectivity index (χ0) is 17.5. The predicted molar refractivity (Wildman–Crippen MR) is 98.3 cm³/mol. The minimum atomic E-state index is -0.00824. The number of benzene rings is 1. The average molecular weight is 343 g/mol. The first-order valence-electron chi connectivity index (χ1n) is 9.59. The Bertz CT molecular complexity index is 570. The van der Waals surface area contributed by atoms with Crippen molar-refractivity contribution in [3.8, 4) is 0 Å². The van der Waals surface area contributed by atoms with Crippen molar-refractivity contribution in [3.05, 3.63) is 35.9 Å². The van der Waals surface area contributed by atoms with Gasteiger partial charge >= 0.3 is 6.03 Å². The predicted octanol–water partition coefficient (Wildman–Crippen LogP) is 2.66. The molecule has 0 aromatic heterocycles. The van der Waals surface area contributed by atoms with Crippen LogP contribution in [0.3, 0.4) is 0 Å². The van der Waals surface area contributed by atoms with Crippen molar-refractivity contribution < 1.29 is 9.59 Å². The van der Waals surface area contributed by atoms with Crippen LogP contribution in [0, 0.1) is 5.92 Å². The fourth-order valence-electron chi connectivity index (χ4n) is 3.84. The summed E-state index contributed by atoms with van der Waals surface area (Å²) in [5, 5.41) is 3.01. The van der Waals surface area contributed by atoms with Gasteiger partial charge in [0.2, 0.25) is 5.91 Å². The monoisotopic (exact) mass is 343 g/mol. The molecule has 0 radical (unpaired) electrons. The molecule has 1 saturated heterocycles. The van der Waals surface area contributed by atoms with Crippen LogP contribution in [0.4, 0.5) is 4.79 Å². The van der Waals surface area contributed by atoms with E-state index in [2.05, 4.69) is 17.4 Å². The van der Waals surface area contributed by atoms with Gasteiger partial charge in [-0.2, -0.15) is 0 Å². The normalized spacial score (nSPS) is 18.9. The van der Waals surface area contributed by atoms with Gasteiger partial charge in [0.1, 0.15) is 0 Å². The Morgan fingerprint density at radius 1 is 0.920 bits per heavy atom. The van der Waals surface area contributed by atoms with E-state index >= 15 is 0 Å². The zero-order valence-electron chi connectivity index (χ0n) is 15.0. The molecule has 3 rings (SSSR count). The fraction of sp³-hybridized carbons (Fsp3) is 0.600. The van der Waals surface area contributed by atoms with Gasteiger partial charge in [-0.15, -0.1) is 0 Å². The summed E-state index contributed by atoms with van der Waals surface area (Å²) in [6, 6.07) is 10.2. The van der Waals surface area contributed by atoms with Gasteiger partial charge in [-0.05, 0) is 31.2 Å². The standard InChI is InChI=1S/C20H29N3O2/c24-19(18-9-4-5-10-18)22-13-6-14-23(16-15-22)20(25)21-12-11-17-7-2-1-3-8-17/h1-3,7-8,18H,4-6,9-16H2,(H,21,25). The largest absolute Gasteiger partial charge is 0.341 e. The highest BCUT2D eigenvalue weighted by atomic mass is 16.2.